The number of carbonyl (C=O) groups is 1. The number of thiophene rings is 1. The molecule has 3 nitrogen and oxygen atoms in total. The second-order valence-corrected chi connectivity index (χ2v) is 6.93. The van der Waals surface area contributed by atoms with Gasteiger partial charge >= 0.3 is 5.97 Å². The third kappa shape index (κ3) is 2.11. The molecule has 19 heavy (non-hydrogen) atoms. The van der Waals surface area contributed by atoms with Gasteiger partial charge in [0, 0.05) is 17.5 Å². The maximum absolute atomic E-state index is 11.7. The molecule has 4 unspecified atom stereocenters. The van der Waals surface area contributed by atoms with Gasteiger partial charge in [0.15, 0.2) is 0 Å². The van der Waals surface area contributed by atoms with Crippen molar-refractivity contribution in [1.29, 1.82) is 0 Å². The van der Waals surface area contributed by atoms with Crippen LogP contribution in [0.1, 0.15) is 42.7 Å². The summed E-state index contributed by atoms with van der Waals surface area (Å²) in [5.41, 5.74) is 1.29. The SMILES string of the molecule is Cc1ccsc1C(C)N1CC2CCCC2C1C(=O)O. The van der Waals surface area contributed by atoms with Gasteiger partial charge in [0.25, 0.3) is 0 Å². The van der Waals surface area contributed by atoms with E-state index in [2.05, 4.69) is 30.2 Å². The first kappa shape index (κ1) is 13.1. The van der Waals surface area contributed by atoms with Gasteiger partial charge in [-0.15, -0.1) is 11.3 Å². The second kappa shape index (κ2) is 4.91. The van der Waals surface area contributed by atoms with Gasteiger partial charge in [0.05, 0.1) is 0 Å². The molecule has 0 aromatic carbocycles. The topological polar surface area (TPSA) is 40.5 Å². The summed E-state index contributed by atoms with van der Waals surface area (Å²) in [5.74, 6) is 0.347. The maximum Gasteiger partial charge on any atom is 0.321 e. The summed E-state index contributed by atoms with van der Waals surface area (Å²) in [6, 6.07) is 2.08. The average molecular weight is 279 g/mol. The number of hydrogen-bond acceptors (Lipinski definition) is 3. The van der Waals surface area contributed by atoms with Gasteiger partial charge in [-0.1, -0.05) is 6.42 Å². The van der Waals surface area contributed by atoms with E-state index in [-0.39, 0.29) is 12.1 Å². The first-order valence-electron chi connectivity index (χ1n) is 7.12. The Morgan fingerprint density at radius 3 is 2.95 bits per heavy atom. The molecule has 104 valence electrons. The molecule has 1 saturated heterocycles. The fourth-order valence-corrected chi connectivity index (χ4v) is 5.03. The minimum Gasteiger partial charge on any atom is -0.480 e. The number of aliphatic carboxylic acids is 1. The molecule has 0 amide bonds. The maximum atomic E-state index is 11.7. The Hall–Kier alpha value is -0.870. The number of hydrogen-bond donors (Lipinski definition) is 1. The molecule has 2 heterocycles. The van der Waals surface area contributed by atoms with Gasteiger partial charge in [-0.25, -0.2) is 0 Å². The zero-order chi connectivity index (χ0) is 13.6. The zero-order valence-corrected chi connectivity index (χ0v) is 12.3. The van der Waals surface area contributed by atoms with E-state index < -0.39 is 5.97 Å². The Labute approximate surface area is 118 Å². The van der Waals surface area contributed by atoms with Crippen molar-refractivity contribution in [2.75, 3.05) is 6.54 Å². The van der Waals surface area contributed by atoms with Crippen LogP contribution in [0.4, 0.5) is 0 Å². The second-order valence-electron chi connectivity index (χ2n) is 5.98. The van der Waals surface area contributed by atoms with Crippen molar-refractivity contribution in [3.8, 4) is 0 Å². The normalized spacial score (nSPS) is 32.4. The van der Waals surface area contributed by atoms with Crippen molar-refractivity contribution in [2.24, 2.45) is 11.8 Å². The Bertz CT molecular complexity index is 484. The van der Waals surface area contributed by atoms with Crippen LogP contribution in [0.3, 0.4) is 0 Å². The third-order valence-corrected chi connectivity index (χ3v) is 6.15. The van der Waals surface area contributed by atoms with Gasteiger partial charge in [0.2, 0.25) is 0 Å². The van der Waals surface area contributed by atoms with Gasteiger partial charge in [-0.2, -0.15) is 0 Å². The highest BCUT2D eigenvalue weighted by Crippen LogP contribution is 2.46. The molecule has 0 radical (unpaired) electrons. The third-order valence-electron chi connectivity index (χ3n) is 4.96. The summed E-state index contributed by atoms with van der Waals surface area (Å²) >= 11 is 1.75. The molecule has 1 aromatic heterocycles. The zero-order valence-electron chi connectivity index (χ0n) is 11.5. The van der Waals surface area contributed by atoms with Crippen molar-refractivity contribution < 1.29 is 9.90 Å². The van der Waals surface area contributed by atoms with E-state index in [0.29, 0.717) is 11.8 Å². The van der Waals surface area contributed by atoms with E-state index in [9.17, 15) is 9.90 Å². The monoisotopic (exact) mass is 279 g/mol. The van der Waals surface area contributed by atoms with Crippen molar-refractivity contribution in [3.05, 3.63) is 21.9 Å². The Morgan fingerprint density at radius 1 is 1.53 bits per heavy atom. The molecule has 1 saturated carbocycles. The number of likely N-dealkylation sites (tertiary alicyclic amines) is 1. The van der Waals surface area contributed by atoms with Crippen molar-refractivity contribution in [1.82, 2.24) is 4.90 Å². The number of nitrogens with zero attached hydrogens (tertiary/aromatic N) is 1. The molecule has 0 spiro atoms. The quantitative estimate of drug-likeness (QED) is 0.923. The van der Waals surface area contributed by atoms with Crippen LogP contribution >= 0.6 is 11.3 Å². The minimum absolute atomic E-state index is 0.228. The molecule has 1 aliphatic heterocycles. The Balaban J connectivity index is 1.87. The molecule has 2 fully saturated rings. The van der Waals surface area contributed by atoms with Crippen LogP contribution in [-0.2, 0) is 4.79 Å². The van der Waals surface area contributed by atoms with Crippen molar-refractivity contribution in [3.63, 3.8) is 0 Å². The fraction of sp³-hybridized carbons (Fsp3) is 0.667. The summed E-state index contributed by atoms with van der Waals surface area (Å²) in [6.07, 6.45) is 3.51. The number of fused-ring (bicyclic) bond motifs is 1. The van der Waals surface area contributed by atoms with Crippen LogP contribution in [0.15, 0.2) is 11.4 Å². The molecule has 0 bridgehead atoms. The summed E-state index contributed by atoms with van der Waals surface area (Å²) in [5, 5.41) is 11.7. The summed E-state index contributed by atoms with van der Waals surface area (Å²) < 4.78 is 0. The number of rotatable bonds is 3. The minimum atomic E-state index is -0.629. The lowest BCUT2D eigenvalue weighted by atomic mass is 9.94. The van der Waals surface area contributed by atoms with Gasteiger partial charge < -0.3 is 5.11 Å². The molecule has 4 atom stereocenters. The highest BCUT2D eigenvalue weighted by Gasteiger charge is 2.49. The van der Waals surface area contributed by atoms with E-state index >= 15 is 0 Å². The van der Waals surface area contributed by atoms with Gasteiger partial charge in [-0.05, 0) is 55.5 Å². The smallest absolute Gasteiger partial charge is 0.321 e. The van der Waals surface area contributed by atoms with Crippen LogP contribution in [0.25, 0.3) is 0 Å². The first-order chi connectivity index (χ1) is 9.09. The van der Waals surface area contributed by atoms with Crippen molar-refractivity contribution in [2.45, 2.75) is 45.2 Å². The highest BCUT2D eigenvalue weighted by atomic mass is 32.1. The van der Waals surface area contributed by atoms with Crippen LogP contribution in [0.2, 0.25) is 0 Å². The van der Waals surface area contributed by atoms with Gasteiger partial charge in [0.1, 0.15) is 6.04 Å². The Morgan fingerprint density at radius 2 is 2.32 bits per heavy atom. The summed E-state index contributed by atoms with van der Waals surface area (Å²) in [7, 11) is 0. The van der Waals surface area contributed by atoms with Crippen LogP contribution < -0.4 is 0 Å². The van der Waals surface area contributed by atoms with Crippen LogP contribution in [0, 0.1) is 18.8 Å². The highest BCUT2D eigenvalue weighted by molar-refractivity contribution is 7.10. The molecular formula is C15H21NO2S. The molecule has 1 aromatic rings. The van der Waals surface area contributed by atoms with E-state index in [0.717, 1.165) is 13.0 Å². The van der Waals surface area contributed by atoms with E-state index in [1.807, 2.05) is 0 Å². The lowest BCUT2D eigenvalue weighted by Crippen LogP contribution is -2.40. The van der Waals surface area contributed by atoms with Crippen molar-refractivity contribution >= 4 is 17.3 Å². The fourth-order valence-electron chi connectivity index (χ4n) is 4.03. The van der Waals surface area contributed by atoms with E-state index in [1.165, 1.54) is 23.3 Å². The lowest BCUT2D eigenvalue weighted by Gasteiger charge is -2.30. The number of carboxylic acid groups (broad SMARTS) is 1. The first-order valence-corrected chi connectivity index (χ1v) is 8.00. The van der Waals surface area contributed by atoms with Crippen LogP contribution in [-0.4, -0.2) is 28.6 Å². The average Bonchev–Trinajstić information content (AvgIpc) is 3.00. The largest absolute Gasteiger partial charge is 0.480 e. The van der Waals surface area contributed by atoms with Crippen LogP contribution in [0.5, 0.6) is 0 Å². The molecule has 3 rings (SSSR count). The standard InChI is InChI=1S/C15H21NO2S/c1-9-6-7-19-14(9)10(2)16-8-11-4-3-5-12(11)13(16)15(17)18/h6-7,10-13H,3-5,8H2,1-2H3,(H,17,18). The van der Waals surface area contributed by atoms with E-state index in [4.69, 9.17) is 0 Å². The lowest BCUT2D eigenvalue weighted by molar-refractivity contribution is -0.144. The van der Waals surface area contributed by atoms with E-state index in [1.54, 1.807) is 11.3 Å². The molecule has 1 aliphatic carbocycles. The molecule has 2 aliphatic rings. The number of aryl methyl sites for hydroxylation is 1. The summed E-state index contributed by atoms with van der Waals surface area (Å²) in [6.45, 7) is 5.24. The predicted octanol–water partition coefficient (Wildman–Crippen LogP) is 3.30. The molecular weight excluding hydrogens is 258 g/mol. The van der Waals surface area contributed by atoms with Gasteiger partial charge in [-0.3, -0.25) is 9.69 Å². The molecule has 1 N–H and O–H groups in total. The Kier molecular flexibility index (Phi) is 3.39. The summed E-state index contributed by atoms with van der Waals surface area (Å²) in [4.78, 5) is 15.2. The predicted molar refractivity (Wildman–Crippen MR) is 76.4 cm³/mol. The number of carboxylic acids is 1. The molecule has 4 heteroatoms.